The van der Waals surface area contributed by atoms with E-state index >= 15 is 0 Å². The summed E-state index contributed by atoms with van der Waals surface area (Å²) in [7, 11) is -3.42. The van der Waals surface area contributed by atoms with Crippen molar-refractivity contribution in [3.8, 4) is 0 Å². The SMILES string of the molecule is CCN(CC1CCOC1)C(=O)c1ccccc1S(C)(=O)=O. The molecule has 1 atom stereocenters. The molecule has 1 fully saturated rings. The Kier molecular flexibility index (Phi) is 5.00. The van der Waals surface area contributed by atoms with Crippen LogP contribution in [0, 0.1) is 5.92 Å². The maximum absolute atomic E-state index is 12.7. The second-order valence-corrected chi connectivity index (χ2v) is 7.33. The van der Waals surface area contributed by atoms with Crippen LogP contribution in [0.4, 0.5) is 0 Å². The van der Waals surface area contributed by atoms with Crippen LogP contribution in [0.5, 0.6) is 0 Å². The maximum atomic E-state index is 12.7. The molecule has 2 rings (SSSR count). The van der Waals surface area contributed by atoms with Gasteiger partial charge in [0.25, 0.3) is 5.91 Å². The highest BCUT2D eigenvalue weighted by Gasteiger charge is 2.25. The molecule has 116 valence electrons. The summed E-state index contributed by atoms with van der Waals surface area (Å²) in [6, 6.07) is 6.38. The number of carbonyl (C=O) groups is 1. The van der Waals surface area contributed by atoms with Gasteiger partial charge in [0.15, 0.2) is 9.84 Å². The van der Waals surface area contributed by atoms with Crippen LogP contribution in [-0.2, 0) is 14.6 Å². The minimum atomic E-state index is -3.42. The van der Waals surface area contributed by atoms with Gasteiger partial charge >= 0.3 is 0 Å². The van der Waals surface area contributed by atoms with E-state index in [2.05, 4.69) is 0 Å². The normalized spacial score (nSPS) is 18.7. The molecule has 0 saturated carbocycles. The van der Waals surface area contributed by atoms with Gasteiger partial charge in [-0.05, 0) is 25.5 Å². The highest BCUT2D eigenvalue weighted by atomic mass is 32.2. The van der Waals surface area contributed by atoms with Gasteiger partial charge in [0, 0.05) is 31.9 Å². The van der Waals surface area contributed by atoms with Gasteiger partial charge in [-0.2, -0.15) is 0 Å². The Hall–Kier alpha value is -1.40. The summed E-state index contributed by atoms with van der Waals surface area (Å²) in [5, 5.41) is 0. The number of hydrogen-bond donors (Lipinski definition) is 0. The summed E-state index contributed by atoms with van der Waals surface area (Å²) >= 11 is 0. The molecule has 0 spiro atoms. The molecule has 21 heavy (non-hydrogen) atoms. The summed E-state index contributed by atoms with van der Waals surface area (Å²) in [4.78, 5) is 14.4. The lowest BCUT2D eigenvalue weighted by molar-refractivity contribution is 0.0727. The van der Waals surface area contributed by atoms with Crippen LogP contribution in [0.1, 0.15) is 23.7 Å². The summed E-state index contributed by atoms with van der Waals surface area (Å²) < 4.78 is 29.0. The van der Waals surface area contributed by atoms with Crippen LogP contribution in [0.25, 0.3) is 0 Å². The van der Waals surface area contributed by atoms with Crippen molar-refractivity contribution in [2.45, 2.75) is 18.2 Å². The monoisotopic (exact) mass is 311 g/mol. The van der Waals surface area contributed by atoms with Crippen molar-refractivity contribution in [2.24, 2.45) is 5.92 Å². The zero-order valence-corrected chi connectivity index (χ0v) is 13.2. The molecule has 5 nitrogen and oxygen atoms in total. The number of ether oxygens (including phenoxy) is 1. The molecule has 0 bridgehead atoms. The van der Waals surface area contributed by atoms with Crippen molar-refractivity contribution in [2.75, 3.05) is 32.6 Å². The van der Waals surface area contributed by atoms with E-state index < -0.39 is 9.84 Å². The van der Waals surface area contributed by atoms with E-state index in [0.717, 1.165) is 19.3 Å². The first-order valence-corrected chi connectivity index (χ1v) is 8.98. The number of benzene rings is 1. The molecule has 0 radical (unpaired) electrons. The van der Waals surface area contributed by atoms with E-state index in [1.807, 2.05) is 6.92 Å². The Morgan fingerprint density at radius 1 is 1.38 bits per heavy atom. The fourth-order valence-electron chi connectivity index (χ4n) is 2.53. The van der Waals surface area contributed by atoms with Crippen LogP contribution in [0.3, 0.4) is 0 Å². The Balaban J connectivity index is 2.25. The molecular weight excluding hydrogens is 290 g/mol. The van der Waals surface area contributed by atoms with E-state index in [-0.39, 0.29) is 16.4 Å². The van der Waals surface area contributed by atoms with Crippen LogP contribution in [-0.4, -0.2) is 51.8 Å². The van der Waals surface area contributed by atoms with Crippen molar-refractivity contribution in [3.63, 3.8) is 0 Å². The van der Waals surface area contributed by atoms with Gasteiger partial charge in [-0.1, -0.05) is 12.1 Å². The molecular formula is C15H21NO4S. The van der Waals surface area contributed by atoms with Gasteiger partial charge in [0.2, 0.25) is 0 Å². The first-order valence-electron chi connectivity index (χ1n) is 7.09. The molecule has 1 aromatic rings. The van der Waals surface area contributed by atoms with Crippen molar-refractivity contribution in [1.29, 1.82) is 0 Å². The van der Waals surface area contributed by atoms with Gasteiger partial charge < -0.3 is 9.64 Å². The van der Waals surface area contributed by atoms with Gasteiger partial charge in [-0.25, -0.2) is 8.42 Å². The summed E-state index contributed by atoms with van der Waals surface area (Å²) in [5.74, 6) is 0.102. The van der Waals surface area contributed by atoms with Crippen molar-refractivity contribution in [3.05, 3.63) is 29.8 Å². The van der Waals surface area contributed by atoms with E-state index in [9.17, 15) is 13.2 Å². The largest absolute Gasteiger partial charge is 0.381 e. The minimum absolute atomic E-state index is 0.0936. The van der Waals surface area contributed by atoms with E-state index in [1.165, 1.54) is 6.07 Å². The van der Waals surface area contributed by atoms with E-state index in [1.54, 1.807) is 23.1 Å². The Morgan fingerprint density at radius 3 is 2.67 bits per heavy atom. The highest BCUT2D eigenvalue weighted by Crippen LogP contribution is 2.20. The third kappa shape index (κ3) is 3.83. The predicted octanol–water partition coefficient (Wildman–Crippen LogP) is 1.59. The zero-order valence-electron chi connectivity index (χ0n) is 12.4. The Labute approximate surface area is 125 Å². The molecule has 0 aromatic heterocycles. The molecule has 1 heterocycles. The standard InChI is InChI=1S/C15H21NO4S/c1-3-16(10-12-8-9-20-11-12)15(17)13-6-4-5-7-14(13)21(2,18)19/h4-7,12H,3,8-11H2,1-2H3. The van der Waals surface area contributed by atoms with Gasteiger partial charge in [0.1, 0.15) is 0 Å². The Morgan fingerprint density at radius 2 is 2.10 bits per heavy atom. The third-order valence-corrected chi connectivity index (χ3v) is 4.84. The number of hydrogen-bond acceptors (Lipinski definition) is 4. The van der Waals surface area contributed by atoms with Gasteiger partial charge in [-0.15, -0.1) is 0 Å². The highest BCUT2D eigenvalue weighted by molar-refractivity contribution is 7.90. The first-order chi connectivity index (χ1) is 9.93. The number of sulfone groups is 1. The molecule has 0 N–H and O–H groups in total. The number of nitrogens with zero attached hydrogens (tertiary/aromatic N) is 1. The summed E-state index contributed by atoms with van der Waals surface area (Å²) in [6.07, 6.45) is 2.07. The smallest absolute Gasteiger partial charge is 0.255 e. The topological polar surface area (TPSA) is 63.7 Å². The lowest BCUT2D eigenvalue weighted by Crippen LogP contribution is -2.36. The second-order valence-electron chi connectivity index (χ2n) is 5.34. The number of amides is 1. The minimum Gasteiger partial charge on any atom is -0.381 e. The molecule has 1 saturated heterocycles. The van der Waals surface area contributed by atoms with Crippen LogP contribution >= 0.6 is 0 Å². The lowest BCUT2D eigenvalue weighted by atomic mass is 10.1. The number of carbonyl (C=O) groups excluding carboxylic acids is 1. The van der Waals surface area contributed by atoms with Gasteiger partial charge in [-0.3, -0.25) is 4.79 Å². The van der Waals surface area contributed by atoms with Crippen LogP contribution < -0.4 is 0 Å². The first kappa shape index (κ1) is 16.0. The summed E-state index contributed by atoms with van der Waals surface area (Å²) in [5.41, 5.74) is 0.251. The van der Waals surface area contributed by atoms with E-state index in [0.29, 0.717) is 25.6 Å². The summed E-state index contributed by atoms with van der Waals surface area (Å²) in [6.45, 7) is 4.45. The fraction of sp³-hybridized carbons (Fsp3) is 0.533. The average molecular weight is 311 g/mol. The third-order valence-electron chi connectivity index (χ3n) is 3.69. The molecule has 1 unspecified atom stereocenters. The van der Waals surface area contributed by atoms with Crippen molar-refractivity contribution >= 4 is 15.7 Å². The van der Waals surface area contributed by atoms with Crippen LogP contribution in [0.15, 0.2) is 29.2 Å². The maximum Gasteiger partial charge on any atom is 0.255 e. The quantitative estimate of drug-likeness (QED) is 0.828. The molecule has 0 aliphatic carbocycles. The zero-order chi connectivity index (χ0) is 15.5. The molecule has 1 aliphatic rings. The van der Waals surface area contributed by atoms with Gasteiger partial charge in [0.05, 0.1) is 17.1 Å². The Bertz CT molecular complexity index is 606. The average Bonchev–Trinajstić information content (AvgIpc) is 2.96. The molecule has 1 amide bonds. The number of rotatable bonds is 5. The molecule has 1 aromatic carbocycles. The van der Waals surface area contributed by atoms with Crippen molar-refractivity contribution in [1.82, 2.24) is 4.90 Å². The predicted molar refractivity (Wildman–Crippen MR) is 80.1 cm³/mol. The second kappa shape index (κ2) is 6.58. The van der Waals surface area contributed by atoms with Crippen molar-refractivity contribution < 1.29 is 17.9 Å². The van der Waals surface area contributed by atoms with Crippen LogP contribution in [0.2, 0.25) is 0 Å². The molecule has 6 heteroatoms. The lowest BCUT2D eigenvalue weighted by Gasteiger charge is -2.24. The fourth-order valence-corrected chi connectivity index (χ4v) is 3.41. The molecule has 1 aliphatic heterocycles. The van der Waals surface area contributed by atoms with E-state index in [4.69, 9.17) is 4.74 Å².